The molecule has 3 N–H and O–H groups in total. The van der Waals surface area contributed by atoms with Gasteiger partial charge in [-0.2, -0.15) is 0 Å². The molecule has 1 amide bonds. The molecule has 1 aromatic carbocycles. The van der Waals surface area contributed by atoms with Crippen LogP contribution in [0.5, 0.6) is 0 Å². The maximum atomic E-state index is 12.3. The third-order valence-electron chi connectivity index (χ3n) is 3.34. The summed E-state index contributed by atoms with van der Waals surface area (Å²) in [5.74, 6) is 0.305. The number of amidine groups is 1. The lowest BCUT2D eigenvalue weighted by Gasteiger charge is -2.21. The Morgan fingerprint density at radius 2 is 1.85 bits per heavy atom. The Bertz CT molecular complexity index is 480. The van der Waals surface area contributed by atoms with Gasteiger partial charge in [0.15, 0.2) is 0 Å². The summed E-state index contributed by atoms with van der Waals surface area (Å²) in [6, 6.07) is 7.61. The maximum Gasteiger partial charge on any atom is 0.253 e. The lowest BCUT2D eigenvalue weighted by atomic mass is 10.0. The summed E-state index contributed by atoms with van der Waals surface area (Å²) in [5, 5.41) is 11.6. The van der Waals surface area contributed by atoms with Gasteiger partial charge in [-0.3, -0.25) is 4.79 Å². The van der Waals surface area contributed by atoms with Crippen molar-refractivity contribution >= 4 is 11.7 Å². The minimum absolute atomic E-state index is 0.0714. The van der Waals surface area contributed by atoms with Crippen molar-refractivity contribution in [2.75, 3.05) is 13.6 Å². The van der Waals surface area contributed by atoms with Crippen LogP contribution in [0.15, 0.2) is 29.4 Å². The van der Waals surface area contributed by atoms with Gasteiger partial charge in [0, 0.05) is 25.1 Å². The zero-order chi connectivity index (χ0) is 15.3. The van der Waals surface area contributed by atoms with Crippen molar-refractivity contribution in [1.82, 2.24) is 4.90 Å². The van der Waals surface area contributed by atoms with E-state index in [1.165, 1.54) is 5.56 Å². The number of carbonyl (C=O) groups is 1. The van der Waals surface area contributed by atoms with Crippen LogP contribution in [0.25, 0.3) is 0 Å². The minimum Gasteiger partial charge on any atom is -0.409 e. The Labute approximate surface area is 120 Å². The topological polar surface area (TPSA) is 78.9 Å². The van der Waals surface area contributed by atoms with Crippen LogP contribution in [-0.2, 0) is 0 Å². The van der Waals surface area contributed by atoms with Gasteiger partial charge in [-0.25, -0.2) is 0 Å². The van der Waals surface area contributed by atoms with E-state index in [2.05, 4.69) is 19.0 Å². The second kappa shape index (κ2) is 6.93. The molecule has 110 valence electrons. The highest BCUT2D eigenvalue weighted by molar-refractivity contribution is 5.94. The highest BCUT2D eigenvalue weighted by Crippen LogP contribution is 2.15. The monoisotopic (exact) mass is 277 g/mol. The zero-order valence-electron chi connectivity index (χ0n) is 12.5. The Balaban J connectivity index is 2.74. The number of nitrogens with two attached hydrogens (primary N) is 1. The van der Waals surface area contributed by atoms with E-state index in [-0.39, 0.29) is 17.7 Å². The first-order valence-electron chi connectivity index (χ1n) is 6.69. The first kappa shape index (κ1) is 16.0. The largest absolute Gasteiger partial charge is 0.409 e. The molecular weight excluding hydrogens is 254 g/mol. The maximum absolute atomic E-state index is 12.3. The van der Waals surface area contributed by atoms with Crippen molar-refractivity contribution in [2.45, 2.75) is 26.7 Å². The van der Waals surface area contributed by atoms with Crippen LogP contribution in [0.1, 0.15) is 42.6 Å². The van der Waals surface area contributed by atoms with Crippen LogP contribution >= 0.6 is 0 Å². The first-order valence-corrected chi connectivity index (χ1v) is 6.69. The molecule has 0 aromatic heterocycles. The van der Waals surface area contributed by atoms with Gasteiger partial charge < -0.3 is 15.8 Å². The van der Waals surface area contributed by atoms with Crippen LogP contribution in [0.2, 0.25) is 0 Å². The molecule has 0 heterocycles. The third-order valence-corrected chi connectivity index (χ3v) is 3.34. The molecule has 5 nitrogen and oxygen atoms in total. The minimum atomic E-state index is -0.191. The fraction of sp³-hybridized carbons (Fsp3) is 0.467. The highest BCUT2D eigenvalue weighted by atomic mass is 16.4. The summed E-state index contributed by atoms with van der Waals surface area (Å²) in [4.78, 5) is 13.8. The van der Waals surface area contributed by atoms with E-state index in [0.29, 0.717) is 18.0 Å². The van der Waals surface area contributed by atoms with Crippen molar-refractivity contribution in [1.29, 1.82) is 0 Å². The van der Waals surface area contributed by atoms with Crippen LogP contribution in [-0.4, -0.2) is 35.4 Å². The van der Waals surface area contributed by atoms with Crippen molar-refractivity contribution in [3.05, 3.63) is 35.4 Å². The molecule has 0 saturated carbocycles. The summed E-state index contributed by atoms with van der Waals surface area (Å²) in [7, 11) is 1.71. The molecule has 1 atom stereocenters. The van der Waals surface area contributed by atoms with Gasteiger partial charge in [-0.15, -0.1) is 0 Å². The molecule has 0 aliphatic carbocycles. The van der Waals surface area contributed by atoms with E-state index in [0.717, 1.165) is 0 Å². The van der Waals surface area contributed by atoms with Gasteiger partial charge >= 0.3 is 0 Å². The summed E-state index contributed by atoms with van der Waals surface area (Å²) >= 11 is 0. The Morgan fingerprint density at radius 3 is 2.30 bits per heavy atom. The SMILES string of the molecule is CC(CN(C)C(=O)c1ccc(C(C)C)cc1)C(N)=NO. The molecule has 20 heavy (non-hydrogen) atoms. The second-order valence-corrected chi connectivity index (χ2v) is 5.39. The van der Waals surface area contributed by atoms with Crippen LogP contribution in [0.3, 0.4) is 0 Å². The predicted molar refractivity (Wildman–Crippen MR) is 80.1 cm³/mol. The molecule has 0 fully saturated rings. The normalized spacial score (nSPS) is 13.3. The van der Waals surface area contributed by atoms with Gasteiger partial charge in [0.05, 0.1) is 0 Å². The molecule has 0 aliphatic rings. The molecule has 1 unspecified atom stereocenters. The molecule has 0 spiro atoms. The molecular formula is C15H23N3O2. The third kappa shape index (κ3) is 3.98. The summed E-state index contributed by atoms with van der Waals surface area (Å²) in [6.45, 7) is 6.44. The molecule has 0 bridgehead atoms. The predicted octanol–water partition coefficient (Wildman–Crippen LogP) is 2.26. The first-order chi connectivity index (χ1) is 9.36. The van der Waals surface area contributed by atoms with Crippen molar-refractivity contribution < 1.29 is 10.0 Å². The second-order valence-electron chi connectivity index (χ2n) is 5.39. The van der Waals surface area contributed by atoms with E-state index in [1.54, 1.807) is 18.9 Å². The van der Waals surface area contributed by atoms with Gasteiger partial charge in [0.2, 0.25) is 0 Å². The number of amides is 1. The average Bonchev–Trinajstić information content (AvgIpc) is 2.45. The zero-order valence-corrected chi connectivity index (χ0v) is 12.5. The summed E-state index contributed by atoms with van der Waals surface area (Å²) in [6.07, 6.45) is 0. The Morgan fingerprint density at radius 1 is 1.30 bits per heavy atom. The lowest BCUT2D eigenvalue weighted by Crippen LogP contribution is -2.36. The number of rotatable bonds is 5. The summed E-state index contributed by atoms with van der Waals surface area (Å²) in [5.41, 5.74) is 7.36. The summed E-state index contributed by atoms with van der Waals surface area (Å²) < 4.78 is 0. The molecule has 0 saturated heterocycles. The van der Waals surface area contributed by atoms with Crippen LogP contribution in [0, 0.1) is 5.92 Å². The number of benzene rings is 1. The standard InChI is InChI=1S/C15H23N3O2/c1-10(2)12-5-7-13(8-6-12)15(19)18(4)9-11(3)14(16)17-20/h5-8,10-11,20H,9H2,1-4H3,(H2,16,17). The smallest absolute Gasteiger partial charge is 0.253 e. The molecule has 0 radical (unpaired) electrons. The van der Waals surface area contributed by atoms with Gasteiger partial charge in [0.25, 0.3) is 5.91 Å². The Kier molecular flexibility index (Phi) is 5.55. The van der Waals surface area contributed by atoms with Gasteiger partial charge in [0.1, 0.15) is 5.84 Å². The van der Waals surface area contributed by atoms with Crippen LogP contribution in [0.4, 0.5) is 0 Å². The van der Waals surface area contributed by atoms with Crippen LogP contribution < -0.4 is 5.73 Å². The number of nitrogens with zero attached hydrogens (tertiary/aromatic N) is 2. The number of hydrogen-bond donors (Lipinski definition) is 2. The van der Waals surface area contributed by atoms with Crippen molar-refractivity contribution in [3.8, 4) is 0 Å². The lowest BCUT2D eigenvalue weighted by molar-refractivity contribution is 0.0786. The molecule has 5 heteroatoms. The highest BCUT2D eigenvalue weighted by Gasteiger charge is 2.16. The van der Waals surface area contributed by atoms with Gasteiger partial charge in [-0.05, 0) is 23.6 Å². The van der Waals surface area contributed by atoms with Crippen molar-refractivity contribution in [2.24, 2.45) is 16.8 Å². The molecule has 0 aliphatic heterocycles. The molecule has 1 aromatic rings. The van der Waals surface area contributed by atoms with Crippen molar-refractivity contribution in [3.63, 3.8) is 0 Å². The van der Waals surface area contributed by atoms with E-state index >= 15 is 0 Å². The fourth-order valence-corrected chi connectivity index (χ4v) is 1.92. The quantitative estimate of drug-likeness (QED) is 0.375. The Hall–Kier alpha value is -2.04. The van der Waals surface area contributed by atoms with E-state index in [4.69, 9.17) is 10.9 Å². The van der Waals surface area contributed by atoms with E-state index < -0.39 is 0 Å². The average molecular weight is 277 g/mol. The van der Waals surface area contributed by atoms with E-state index in [1.807, 2.05) is 24.3 Å². The number of carbonyl (C=O) groups excluding carboxylic acids is 1. The van der Waals surface area contributed by atoms with E-state index in [9.17, 15) is 4.79 Å². The number of oxime groups is 1. The fourth-order valence-electron chi connectivity index (χ4n) is 1.92. The number of hydrogen-bond acceptors (Lipinski definition) is 3. The molecule has 1 rings (SSSR count). The van der Waals surface area contributed by atoms with Gasteiger partial charge in [-0.1, -0.05) is 38.1 Å².